The van der Waals surface area contributed by atoms with Crippen LogP contribution in [0.1, 0.15) is 76.0 Å². The van der Waals surface area contributed by atoms with Crippen LogP contribution in [0.15, 0.2) is 70.6 Å². The van der Waals surface area contributed by atoms with Crippen LogP contribution < -0.4 is 16.0 Å². The normalized spacial score (nSPS) is 24.2. The average Bonchev–Trinajstić information content (AvgIpc) is 3.68. The van der Waals surface area contributed by atoms with Crippen LogP contribution in [0.25, 0.3) is 0 Å². The first-order valence-electron chi connectivity index (χ1n) is 16.6. The number of carbonyl (C=O) groups is 4. The van der Waals surface area contributed by atoms with Crippen molar-refractivity contribution >= 4 is 58.4 Å². The van der Waals surface area contributed by atoms with Crippen molar-refractivity contribution in [3.63, 3.8) is 0 Å². The second-order valence-electron chi connectivity index (χ2n) is 12.9. The van der Waals surface area contributed by atoms with Crippen molar-refractivity contribution in [1.82, 2.24) is 30.3 Å². The number of rotatable bonds is 9. The van der Waals surface area contributed by atoms with Gasteiger partial charge in [-0.1, -0.05) is 41.4 Å². The molecule has 2 aromatic carbocycles. The summed E-state index contributed by atoms with van der Waals surface area (Å²) in [7, 11) is 0. The van der Waals surface area contributed by atoms with Crippen LogP contribution in [0.3, 0.4) is 0 Å². The Morgan fingerprint density at radius 2 is 1.86 bits per heavy atom. The van der Waals surface area contributed by atoms with Crippen molar-refractivity contribution in [2.24, 2.45) is 16.8 Å². The van der Waals surface area contributed by atoms with Crippen molar-refractivity contribution in [2.75, 3.05) is 25.0 Å². The molecule has 3 N–H and O–H groups in total. The number of anilines is 1. The zero-order valence-electron chi connectivity index (χ0n) is 27.9. The number of imide groups is 1. The molecule has 0 bridgehead atoms. The third-order valence-corrected chi connectivity index (χ3v) is 11.5. The first-order valence-corrected chi connectivity index (χ1v) is 17.8. The number of hydrogen-bond donors (Lipinski definition) is 3. The maximum absolute atomic E-state index is 13.6. The number of aromatic nitrogens is 3. The number of nitrogens with one attached hydrogen (secondary N) is 3. The minimum absolute atomic E-state index is 0.0269. The molecule has 50 heavy (non-hydrogen) atoms. The topological polar surface area (TPSA) is 151 Å². The number of nitrogens with zero attached hydrogens (tertiary/aromatic N) is 5. The van der Waals surface area contributed by atoms with E-state index in [1.165, 1.54) is 10.5 Å². The summed E-state index contributed by atoms with van der Waals surface area (Å²) in [6, 6.07) is 11.1. The van der Waals surface area contributed by atoms with E-state index in [0.29, 0.717) is 29.5 Å². The summed E-state index contributed by atoms with van der Waals surface area (Å²) in [5, 5.41) is 18.4. The van der Waals surface area contributed by atoms with Crippen LogP contribution in [-0.4, -0.2) is 74.7 Å². The van der Waals surface area contributed by atoms with E-state index in [-0.39, 0.29) is 59.7 Å². The van der Waals surface area contributed by atoms with E-state index in [1.54, 1.807) is 36.0 Å². The van der Waals surface area contributed by atoms with Gasteiger partial charge in [0.05, 0.1) is 34.6 Å². The minimum atomic E-state index is -0.908. The number of halogens is 1. The first-order chi connectivity index (χ1) is 24.1. The fourth-order valence-electron chi connectivity index (χ4n) is 7.17. The summed E-state index contributed by atoms with van der Waals surface area (Å²) in [4.78, 5) is 60.5. The van der Waals surface area contributed by atoms with Gasteiger partial charge in [-0.15, -0.1) is 28.5 Å². The van der Waals surface area contributed by atoms with Crippen LogP contribution in [0, 0.1) is 18.8 Å². The Hall–Kier alpha value is -4.75. The number of benzene rings is 2. The molecule has 0 radical (unpaired) electrons. The number of amides is 4. The predicted molar refractivity (Wildman–Crippen MR) is 192 cm³/mol. The SMILES string of the molecule is C=CC1CNC(=O)C(N2C(=O)c3cccc(NCCNC(=O)CC4N=C(c5ccc(Cl)cc5)C5C(C)=C(C)SC5n5c(C)nnc54)c3C2=O)C1. The lowest BCUT2D eigenvalue weighted by molar-refractivity contribution is -0.127. The Kier molecular flexibility index (Phi) is 9.12. The largest absolute Gasteiger partial charge is 0.383 e. The quantitative estimate of drug-likeness (QED) is 0.162. The lowest BCUT2D eigenvalue weighted by atomic mass is 9.90. The van der Waals surface area contributed by atoms with E-state index in [1.807, 2.05) is 31.2 Å². The van der Waals surface area contributed by atoms with Gasteiger partial charge in [0.25, 0.3) is 11.8 Å². The van der Waals surface area contributed by atoms with Gasteiger partial charge in [-0.25, -0.2) is 0 Å². The van der Waals surface area contributed by atoms with Gasteiger partial charge in [0.2, 0.25) is 11.8 Å². The third kappa shape index (κ3) is 5.91. The number of aliphatic imine (C=N–C) groups is 1. The smallest absolute Gasteiger partial charge is 0.264 e. The molecule has 0 spiro atoms. The molecule has 4 amide bonds. The average molecular weight is 713 g/mol. The molecule has 12 nitrogen and oxygen atoms in total. The van der Waals surface area contributed by atoms with Crippen molar-refractivity contribution in [3.8, 4) is 0 Å². The minimum Gasteiger partial charge on any atom is -0.383 e. The van der Waals surface area contributed by atoms with Crippen LogP contribution in [0.5, 0.6) is 0 Å². The molecule has 5 unspecified atom stereocenters. The maximum atomic E-state index is 13.6. The lowest BCUT2D eigenvalue weighted by Crippen LogP contribution is -2.54. The third-order valence-electron chi connectivity index (χ3n) is 9.88. The zero-order chi connectivity index (χ0) is 35.3. The van der Waals surface area contributed by atoms with Gasteiger partial charge >= 0.3 is 0 Å². The molecule has 14 heteroatoms. The van der Waals surface area contributed by atoms with Gasteiger partial charge in [-0.05, 0) is 67.8 Å². The molecular formula is C36H37ClN8O4S. The molecule has 5 atom stereocenters. The molecular weight excluding hydrogens is 676 g/mol. The number of fused-ring (bicyclic) bond motifs is 4. The number of aryl methyl sites for hydroxylation is 1. The molecule has 7 rings (SSSR count). The second-order valence-corrected chi connectivity index (χ2v) is 14.7. The van der Waals surface area contributed by atoms with Crippen LogP contribution in [-0.2, 0) is 9.59 Å². The van der Waals surface area contributed by atoms with E-state index in [2.05, 4.69) is 51.1 Å². The summed E-state index contributed by atoms with van der Waals surface area (Å²) < 4.78 is 2.12. The first kappa shape index (κ1) is 33.7. The fourth-order valence-corrected chi connectivity index (χ4v) is 8.81. The summed E-state index contributed by atoms with van der Waals surface area (Å²) >= 11 is 7.99. The molecule has 1 saturated heterocycles. The van der Waals surface area contributed by atoms with Gasteiger partial charge in [0.15, 0.2) is 5.82 Å². The van der Waals surface area contributed by atoms with E-state index in [0.717, 1.165) is 22.0 Å². The highest BCUT2D eigenvalue weighted by atomic mass is 35.5. The zero-order valence-corrected chi connectivity index (χ0v) is 29.5. The molecule has 258 valence electrons. The number of hydrogen-bond acceptors (Lipinski definition) is 9. The Morgan fingerprint density at radius 3 is 2.62 bits per heavy atom. The maximum Gasteiger partial charge on any atom is 0.264 e. The lowest BCUT2D eigenvalue weighted by Gasteiger charge is -2.32. The molecule has 5 heterocycles. The molecule has 0 aliphatic carbocycles. The summed E-state index contributed by atoms with van der Waals surface area (Å²) in [6.07, 6.45) is 2.11. The van der Waals surface area contributed by atoms with Gasteiger partial charge in [-0.3, -0.25) is 33.6 Å². The molecule has 4 aliphatic rings. The number of carbonyl (C=O) groups excluding carboxylic acids is 4. The molecule has 1 aromatic heterocycles. The predicted octanol–water partition coefficient (Wildman–Crippen LogP) is 4.84. The van der Waals surface area contributed by atoms with Crippen LogP contribution >= 0.6 is 23.4 Å². The summed E-state index contributed by atoms with van der Waals surface area (Å²) in [6.45, 7) is 10.9. The van der Waals surface area contributed by atoms with Gasteiger partial charge in [-0.2, -0.15) is 0 Å². The standard InChI is InChI=1S/C36H37ClN8O4S/c1-5-21-15-27(33(47)40-17-21)45-34(48)24-7-6-8-25(30(24)35(45)49)38-13-14-39-28(46)16-26-32-43-42-20(4)44(32)36-29(18(2)19(3)50-36)31(41-26)22-9-11-23(37)12-10-22/h5-12,21,26-27,29,36,38H,1,13-17H2,2-4H3,(H,39,46)(H,40,47). The Bertz CT molecular complexity index is 1990. The molecule has 0 saturated carbocycles. The highest BCUT2D eigenvalue weighted by molar-refractivity contribution is 8.03. The van der Waals surface area contributed by atoms with E-state index in [4.69, 9.17) is 16.6 Å². The highest BCUT2D eigenvalue weighted by Gasteiger charge is 2.46. The van der Waals surface area contributed by atoms with Crippen molar-refractivity contribution in [1.29, 1.82) is 0 Å². The van der Waals surface area contributed by atoms with Crippen molar-refractivity contribution in [3.05, 3.63) is 99.0 Å². The second kappa shape index (κ2) is 13.5. The van der Waals surface area contributed by atoms with Crippen molar-refractivity contribution < 1.29 is 19.2 Å². The Labute approximate surface area is 298 Å². The molecule has 1 fully saturated rings. The van der Waals surface area contributed by atoms with Crippen molar-refractivity contribution in [2.45, 2.75) is 51.1 Å². The Balaban J connectivity index is 1.05. The van der Waals surface area contributed by atoms with Crippen LogP contribution in [0.4, 0.5) is 5.69 Å². The van der Waals surface area contributed by atoms with E-state index < -0.39 is 23.9 Å². The number of piperidine rings is 1. The monoisotopic (exact) mass is 712 g/mol. The molecule has 4 aliphatic heterocycles. The molecule has 3 aromatic rings. The Morgan fingerprint density at radius 1 is 1.08 bits per heavy atom. The summed E-state index contributed by atoms with van der Waals surface area (Å²) in [5.74, 6) is -0.261. The van der Waals surface area contributed by atoms with Gasteiger partial charge < -0.3 is 16.0 Å². The summed E-state index contributed by atoms with van der Waals surface area (Å²) in [5.41, 5.74) is 3.97. The van der Waals surface area contributed by atoms with E-state index >= 15 is 0 Å². The van der Waals surface area contributed by atoms with Gasteiger partial charge in [0, 0.05) is 30.3 Å². The fraction of sp³-hybridized carbons (Fsp3) is 0.361. The van der Waals surface area contributed by atoms with E-state index in [9.17, 15) is 19.2 Å². The number of allylic oxidation sites excluding steroid dienone is 2. The van der Waals surface area contributed by atoms with Gasteiger partial charge in [0.1, 0.15) is 17.9 Å². The highest BCUT2D eigenvalue weighted by Crippen LogP contribution is 2.52. The number of thioether (sulfide) groups is 1. The van der Waals surface area contributed by atoms with Crippen LogP contribution in [0.2, 0.25) is 5.02 Å².